The fourth-order valence-electron chi connectivity index (χ4n) is 2.57. The fourth-order valence-corrected chi connectivity index (χ4v) is 2.65. The van der Waals surface area contributed by atoms with Gasteiger partial charge in [0.1, 0.15) is 36.9 Å². The van der Waals surface area contributed by atoms with Crippen molar-refractivity contribution >= 4 is 17.6 Å². The number of benzene rings is 1. The summed E-state index contributed by atoms with van der Waals surface area (Å²) in [5.74, 6) is -0.964. The standard InChI is InChI=1S/C18H23ClO7/c1-2-8-23-17-16(25-10-12-6-4-3-5-7-12)15(21)13(26-18(17)22)11-24-14(20)9-19/h2-7,13,15-18,21-22H,1,8-11H2/t13-,15-,16+,17+,18+/m1/s1. The maximum absolute atomic E-state index is 11.2. The molecule has 1 aliphatic heterocycles. The van der Waals surface area contributed by atoms with Crippen LogP contribution in [0.5, 0.6) is 0 Å². The van der Waals surface area contributed by atoms with Crippen LogP contribution in [0.4, 0.5) is 0 Å². The lowest BCUT2D eigenvalue weighted by Crippen LogP contribution is -2.60. The van der Waals surface area contributed by atoms with Crippen molar-refractivity contribution in [2.45, 2.75) is 37.3 Å². The van der Waals surface area contributed by atoms with Gasteiger partial charge in [-0.1, -0.05) is 36.4 Å². The van der Waals surface area contributed by atoms with E-state index < -0.39 is 36.7 Å². The highest BCUT2D eigenvalue weighted by Crippen LogP contribution is 2.26. The monoisotopic (exact) mass is 386 g/mol. The molecule has 0 radical (unpaired) electrons. The highest BCUT2D eigenvalue weighted by molar-refractivity contribution is 6.26. The Hall–Kier alpha value is -1.48. The molecule has 0 unspecified atom stereocenters. The van der Waals surface area contributed by atoms with E-state index in [0.29, 0.717) is 0 Å². The van der Waals surface area contributed by atoms with E-state index >= 15 is 0 Å². The molecule has 0 amide bonds. The van der Waals surface area contributed by atoms with Crippen LogP contribution in [-0.2, 0) is 30.3 Å². The molecule has 8 heteroatoms. The topological polar surface area (TPSA) is 94.5 Å². The summed E-state index contributed by atoms with van der Waals surface area (Å²) in [6.45, 7) is 3.65. The number of esters is 1. The minimum Gasteiger partial charge on any atom is -0.462 e. The Labute approximate surface area is 157 Å². The van der Waals surface area contributed by atoms with Gasteiger partial charge in [-0.25, -0.2) is 0 Å². The second-order valence-corrected chi connectivity index (χ2v) is 5.99. The van der Waals surface area contributed by atoms with Crippen molar-refractivity contribution < 1.29 is 34.0 Å². The fraction of sp³-hybridized carbons (Fsp3) is 0.500. The van der Waals surface area contributed by atoms with E-state index in [4.69, 9.17) is 30.5 Å². The van der Waals surface area contributed by atoms with Crippen LogP contribution in [0.25, 0.3) is 0 Å². The van der Waals surface area contributed by atoms with Gasteiger partial charge < -0.3 is 29.2 Å². The number of aliphatic hydroxyl groups is 2. The number of rotatable bonds is 9. The summed E-state index contributed by atoms with van der Waals surface area (Å²) in [4.78, 5) is 11.2. The van der Waals surface area contributed by atoms with E-state index in [1.54, 1.807) is 0 Å². The van der Waals surface area contributed by atoms with Gasteiger partial charge in [-0.15, -0.1) is 18.2 Å². The first-order valence-corrected chi connectivity index (χ1v) is 8.71. The minimum atomic E-state index is -1.36. The number of alkyl halides is 1. The third kappa shape index (κ3) is 5.77. The number of ether oxygens (including phenoxy) is 4. The molecule has 0 aliphatic carbocycles. The molecule has 0 bridgehead atoms. The SMILES string of the molecule is C=CCO[C@H]1[C@@H](OCc2ccccc2)[C@H](O)[C@@H](COC(=O)CCl)O[C@@H]1O. The maximum atomic E-state index is 11.2. The molecule has 7 nitrogen and oxygen atoms in total. The zero-order valence-corrected chi connectivity index (χ0v) is 15.0. The summed E-state index contributed by atoms with van der Waals surface area (Å²) < 4.78 is 21.5. The molecule has 1 aliphatic rings. The predicted octanol–water partition coefficient (Wildman–Crippen LogP) is 1.00. The van der Waals surface area contributed by atoms with Crippen molar-refractivity contribution in [3.05, 3.63) is 48.6 Å². The predicted molar refractivity (Wildman–Crippen MR) is 93.5 cm³/mol. The van der Waals surface area contributed by atoms with Crippen LogP contribution in [0.2, 0.25) is 0 Å². The number of carbonyl (C=O) groups is 1. The van der Waals surface area contributed by atoms with Crippen LogP contribution in [0.15, 0.2) is 43.0 Å². The Kier molecular flexibility index (Phi) is 8.50. The summed E-state index contributed by atoms with van der Waals surface area (Å²) in [7, 11) is 0. The van der Waals surface area contributed by atoms with Crippen LogP contribution in [0, 0.1) is 0 Å². The van der Waals surface area contributed by atoms with Gasteiger partial charge in [-0.05, 0) is 5.56 Å². The Bertz CT molecular complexity index is 568. The van der Waals surface area contributed by atoms with Crippen molar-refractivity contribution in [3.63, 3.8) is 0 Å². The van der Waals surface area contributed by atoms with Gasteiger partial charge in [0.25, 0.3) is 0 Å². The second-order valence-electron chi connectivity index (χ2n) is 5.72. The quantitative estimate of drug-likeness (QED) is 0.371. The van der Waals surface area contributed by atoms with E-state index in [1.165, 1.54) is 6.08 Å². The average molecular weight is 387 g/mol. The average Bonchev–Trinajstić information content (AvgIpc) is 2.66. The Morgan fingerprint density at radius 3 is 2.62 bits per heavy atom. The molecule has 0 aromatic heterocycles. The molecule has 26 heavy (non-hydrogen) atoms. The minimum absolute atomic E-state index is 0.148. The zero-order chi connectivity index (χ0) is 18.9. The lowest BCUT2D eigenvalue weighted by atomic mass is 9.98. The van der Waals surface area contributed by atoms with Gasteiger partial charge in [-0.2, -0.15) is 0 Å². The van der Waals surface area contributed by atoms with Crippen molar-refractivity contribution in [1.29, 1.82) is 0 Å². The molecule has 2 rings (SSSR count). The molecule has 1 saturated heterocycles. The van der Waals surface area contributed by atoms with Gasteiger partial charge in [0, 0.05) is 0 Å². The van der Waals surface area contributed by atoms with Crippen LogP contribution in [-0.4, -0.2) is 66.0 Å². The summed E-state index contributed by atoms with van der Waals surface area (Å²) in [5, 5.41) is 20.8. The van der Waals surface area contributed by atoms with Gasteiger partial charge >= 0.3 is 5.97 Å². The van der Waals surface area contributed by atoms with Gasteiger partial charge in [-0.3, -0.25) is 4.79 Å². The number of hydrogen-bond donors (Lipinski definition) is 2. The van der Waals surface area contributed by atoms with Crippen LogP contribution < -0.4 is 0 Å². The Balaban J connectivity index is 2.06. The highest BCUT2D eigenvalue weighted by Gasteiger charge is 2.46. The van der Waals surface area contributed by atoms with E-state index in [0.717, 1.165) is 5.56 Å². The first-order valence-electron chi connectivity index (χ1n) is 8.18. The molecule has 1 fully saturated rings. The third-order valence-corrected chi connectivity index (χ3v) is 4.06. The van der Waals surface area contributed by atoms with Gasteiger partial charge in [0.05, 0.1) is 13.2 Å². The van der Waals surface area contributed by atoms with Crippen LogP contribution in [0.3, 0.4) is 0 Å². The van der Waals surface area contributed by atoms with Crippen LogP contribution in [0.1, 0.15) is 5.56 Å². The van der Waals surface area contributed by atoms with Crippen LogP contribution >= 0.6 is 11.6 Å². The number of hydrogen-bond acceptors (Lipinski definition) is 7. The first kappa shape index (κ1) is 20.8. The largest absolute Gasteiger partial charge is 0.462 e. The molecule has 1 aromatic carbocycles. The van der Waals surface area contributed by atoms with Crippen molar-refractivity contribution in [2.75, 3.05) is 19.1 Å². The lowest BCUT2D eigenvalue weighted by Gasteiger charge is -2.42. The van der Waals surface area contributed by atoms with E-state index in [-0.39, 0.29) is 25.7 Å². The molecule has 0 saturated carbocycles. The number of aliphatic hydroxyl groups excluding tert-OH is 2. The first-order chi connectivity index (χ1) is 12.6. The molecule has 0 spiro atoms. The smallest absolute Gasteiger partial charge is 0.320 e. The third-order valence-electron chi connectivity index (χ3n) is 3.85. The van der Waals surface area contributed by atoms with E-state index in [2.05, 4.69) is 6.58 Å². The van der Waals surface area contributed by atoms with Gasteiger partial charge in [0.15, 0.2) is 6.29 Å². The Morgan fingerprint density at radius 2 is 1.96 bits per heavy atom. The van der Waals surface area contributed by atoms with Gasteiger partial charge in [0.2, 0.25) is 0 Å². The summed E-state index contributed by atoms with van der Waals surface area (Å²) in [6.07, 6.45) is -3.81. The molecular formula is C18H23ClO7. The molecule has 1 heterocycles. The Morgan fingerprint density at radius 1 is 1.23 bits per heavy atom. The van der Waals surface area contributed by atoms with E-state index in [9.17, 15) is 15.0 Å². The molecular weight excluding hydrogens is 364 g/mol. The van der Waals surface area contributed by atoms with E-state index in [1.807, 2.05) is 30.3 Å². The van der Waals surface area contributed by atoms with Crippen molar-refractivity contribution in [3.8, 4) is 0 Å². The van der Waals surface area contributed by atoms with Crippen molar-refractivity contribution in [1.82, 2.24) is 0 Å². The molecule has 1 aromatic rings. The summed E-state index contributed by atoms with van der Waals surface area (Å²) >= 11 is 5.38. The highest BCUT2D eigenvalue weighted by atomic mass is 35.5. The van der Waals surface area contributed by atoms with Crippen molar-refractivity contribution in [2.24, 2.45) is 0 Å². The second kappa shape index (κ2) is 10.6. The zero-order valence-electron chi connectivity index (χ0n) is 14.2. The summed E-state index contributed by atoms with van der Waals surface area (Å²) in [6, 6.07) is 9.37. The molecule has 2 N–H and O–H groups in total. The molecule has 5 atom stereocenters. The molecule has 144 valence electrons. The maximum Gasteiger partial charge on any atom is 0.320 e. The number of halogens is 1. The number of carbonyl (C=O) groups excluding carboxylic acids is 1. The normalized spacial score (nSPS) is 28.5. The summed E-state index contributed by atoms with van der Waals surface area (Å²) in [5.41, 5.74) is 0.897. The lowest BCUT2D eigenvalue weighted by molar-refractivity contribution is -0.304.